The minimum atomic E-state index is 0.574. The summed E-state index contributed by atoms with van der Waals surface area (Å²) in [7, 11) is 0. The number of para-hydroxylation sites is 1. The number of hydrogen-bond donors (Lipinski definition) is 3. The maximum absolute atomic E-state index is 6.35. The molecule has 0 bridgehead atoms. The summed E-state index contributed by atoms with van der Waals surface area (Å²) in [4.78, 5) is 4.78. The van der Waals surface area contributed by atoms with Crippen LogP contribution in [0.4, 0.5) is 17.2 Å². The fraction of sp³-hybridized carbons (Fsp3) is 0.0263. The first-order chi connectivity index (χ1) is 20.7. The molecule has 0 saturated carbocycles. The minimum Gasteiger partial charge on any atom is -0.405 e. The molecule has 0 amide bonds. The Kier molecular flexibility index (Phi) is 11.1. The van der Waals surface area contributed by atoms with Gasteiger partial charge in [0.2, 0.25) is 0 Å². The molecule has 42 heavy (non-hydrogen) atoms. The molecule has 4 aromatic carbocycles. The van der Waals surface area contributed by atoms with Crippen LogP contribution in [0.1, 0.15) is 18.2 Å². The smallest absolute Gasteiger partial charge is 0.154 e. The van der Waals surface area contributed by atoms with Gasteiger partial charge in [-0.2, -0.15) is 0 Å². The van der Waals surface area contributed by atoms with E-state index in [1.807, 2.05) is 98.0 Å². The lowest BCUT2D eigenvalue weighted by molar-refractivity contribution is 1.27. The Hall–Kier alpha value is -5.61. The van der Waals surface area contributed by atoms with Gasteiger partial charge in [-0.15, -0.1) is 0 Å². The predicted molar refractivity (Wildman–Crippen MR) is 182 cm³/mol. The molecule has 0 saturated heterocycles. The summed E-state index contributed by atoms with van der Waals surface area (Å²) in [5.74, 6) is 0.609. The number of anilines is 3. The second kappa shape index (κ2) is 15.8. The molecule has 208 valence electrons. The Labute approximate surface area is 249 Å². The summed E-state index contributed by atoms with van der Waals surface area (Å²) < 4.78 is 0. The Morgan fingerprint density at radius 1 is 0.619 bits per heavy atom. The fourth-order valence-electron chi connectivity index (χ4n) is 4.26. The number of nitrogens with one attached hydrogen (secondary N) is 1. The van der Waals surface area contributed by atoms with Gasteiger partial charge >= 0.3 is 0 Å². The van der Waals surface area contributed by atoms with Crippen molar-refractivity contribution < 1.29 is 0 Å². The van der Waals surface area contributed by atoms with Gasteiger partial charge in [0.05, 0.1) is 11.4 Å². The van der Waals surface area contributed by atoms with E-state index in [4.69, 9.17) is 16.5 Å². The van der Waals surface area contributed by atoms with Gasteiger partial charge in [0.1, 0.15) is 0 Å². The van der Waals surface area contributed by atoms with Crippen molar-refractivity contribution in [2.75, 3.05) is 11.1 Å². The van der Waals surface area contributed by atoms with E-state index >= 15 is 0 Å². The van der Waals surface area contributed by atoms with Crippen molar-refractivity contribution in [3.63, 3.8) is 0 Å². The van der Waals surface area contributed by atoms with Gasteiger partial charge in [0.25, 0.3) is 0 Å². The first-order valence-electron chi connectivity index (χ1n) is 13.9. The van der Waals surface area contributed by atoms with Crippen molar-refractivity contribution in [2.45, 2.75) is 6.92 Å². The molecule has 5 N–H and O–H groups in total. The van der Waals surface area contributed by atoms with Gasteiger partial charge in [-0.1, -0.05) is 140 Å². The zero-order valence-corrected chi connectivity index (χ0v) is 23.8. The van der Waals surface area contributed by atoms with E-state index in [-0.39, 0.29) is 0 Å². The maximum atomic E-state index is 6.35. The molecule has 0 unspecified atom stereocenters. The first-order valence-corrected chi connectivity index (χ1v) is 13.9. The van der Waals surface area contributed by atoms with Crippen molar-refractivity contribution in [3.8, 4) is 22.3 Å². The highest BCUT2D eigenvalue weighted by Crippen LogP contribution is 2.32. The Balaban J connectivity index is 0.000000279. The zero-order chi connectivity index (χ0) is 29.4. The molecule has 0 radical (unpaired) electrons. The van der Waals surface area contributed by atoms with Crippen molar-refractivity contribution in [2.24, 2.45) is 5.73 Å². The van der Waals surface area contributed by atoms with Gasteiger partial charge in [0.15, 0.2) is 5.82 Å². The first kappa shape index (κ1) is 29.4. The SMILES string of the molecule is C/C=C\C=C\c1cc(N)c(Nc2ccccc2-c2ccccc2)nc1/C=C\C=C/N.c1ccc(-c2ccccc2)cc1. The normalized spacial score (nSPS) is 11.3. The highest BCUT2D eigenvalue weighted by molar-refractivity contribution is 5.84. The van der Waals surface area contributed by atoms with E-state index in [9.17, 15) is 0 Å². The Morgan fingerprint density at radius 3 is 1.76 bits per heavy atom. The molecular weight excluding hydrogens is 512 g/mol. The van der Waals surface area contributed by atoms with Crippen LogP contribution < -0.4 is 16.8 Å². The van der Waals surface area contributed by atoms with E-state index < -0.39 is 0 Å². The lowest BCUT2D eigenvalue weighted by atomic mass is 10.0. The highest BCUT2D eigenvalue weighted by Gasteiger charge is 2.10. The summed E-state index contributed by atoms with van der Waals surface area (Å²) in [6.45, 7) is 1.97. The van der Waals surface area contributed by atoms with Crippen LogP contribution >= 0.6 is 0 Å². The molecule has 5 rings (SSSR count). The van der Waals surface area contributed by atoms with E-state index in [0.717, 1.165) is 28.1 Å². The summed E-state index contributed by atoms with van der Waals surface area (Å²) in [5, 5.41) is 3.41. The average molecular weight is 549 g/mol. The molecule has 0 spiro atoms. The van der Waals surface area contributed by atoms with Crippen LogP contribution in [-0.2, 0) is 0 Å². The van der Waals surface area contributed by atoms with E-state index in [1.54, 1.807) is 6.08 Å². The van der Waals surface area contributed by atoms with Crippen LogP contribution in [0, 0.1) is 0 Å². The standard InChI is InChI=1S/C26H26N4.C12H10/c1-2-3-5-14-21-19-23(28)26(29-24(21)16-10-11-18-27)30-25-17-9-8-15-22(25)20-12-6-4-7-13-20;1-3-7-11(8-4-1)12-9-5-2-6-10-12/h2-19H,27-28H2,1H3,(H,29,30);1-10H/b3-2-,14-5+,16-10-,18-11-;. The van der Waals surface area contributed by atoms with Gasteiger partial charge in [0, 0.05) is 16.8 Å². The van der Waals surface area contributed by atoms with Crippen molar-refractivity contribution in [3.05, 3.63) is 169 Å². The molecule has 0 fully saturated rings. The topological polar surface area (TPSA) is 77.0 Å². The fourth-order valence-corrected chi connectivity index (χ4v) is 4.26. The molecule has 5 aromatic rings. The van der Waals surface area contributed by atoms with Crippen LogP contribution in [-0.4, -0.2) is 4.98 Å². The number of nitrogens with zero attached hydrogens (tertiary/aromatic N) is 1. The van der Waals surface area contributed by atoms with Crippen molar-refractivity contribution in [1.82, 2.24) is 4.98 Å². The van der Waals surface area contributed by atoms with Crippen molar-refractivity contribution in [1.29, 1.82) is 0 Å². The molecule has 0 atom stereocenters. The van der Waals surface area contributed by atoms with Crippen LogP contribution in [0.15, 0.2) is 158 Å². The van der Waals surface area contributed by atoms with Crippen LogP contribution in [0.25, 0.3) is 34.4 Å². The molecular formula is C38H36N4. The number of nitrogen functional groups attached to an aromatic ring is 1. The van der Waals surface area contributed by atoms with Crippen LogP contribution in [0.2, 0.25) is 0 Å². The third-order valence-electron chi connectivity index (χ3n) is 6.31. The minimum absolute atomic E-state index is 0.574. The summed E-state index contributed by atoms with van der Waals surface area (Å²) in [5.41, 5.74) is 19.8. The molecule has 0 aliphatic rings. The van der Waals surface area contributed by atoms with E-state index in [0.29, 0.717) is 11.5 Å². The molecule has 1 heterocycles. The van der Waals surface area contributed by atoms with Gasteiger partial charge in [-0.3, -0.25) is 0 Å². The van der Waals surface area contributed by atoms with Gasteiger partial charge in [-0.05, 0) is 54.1 Å². The van der Waals surface area contributed by atoms with Crippen LogP contribution in [0.5, 0.6) is 0 Å². The number of aromatic nitrogens is 1. The van der Waals surface area contributed by atoms with E-state index in [2.05, 4.69) is 72.0 Å². The monoisotopic (exact) mass is 548 g/mol. The number of allylic oxidation sites excluding steroid dienone is 5. The number of rotatable bonds is 8. The van der Waals surface area contributed by atoms with Gasteiger partial charge in [-0.25, -0.2) is 4.98 Å². The van der Waals surface area contributed by atoms with E-state index in [1.165, 1.54) is 17.3 Å². The number of nitrogens with two attached hydrogens (primary N) is 2. The zero-order valence-electron chi connectivity index (χ0n) is 23.8. The highest BCUT2D eigenvalue weighted by atomic mass is 15.0. The maximum Gasteiger partial charge on any atom is 0.154 e. The van der Waals surface area contributed by atoms with Crippen molar-refractivity contribution >= 4 is 29.3 Å². The quantitative estimate of drug-likeness (QED) is 0.169. The summed E-state index contributed by atoms with van der Waals surface area (Å²) in [6, 6.07) is 41.0. The summed E-state index contributed by atoms with van der Waals surface area (Å²) in [6.07, 6.45) is 14.9. The predicted octanol–water partition coefficient (Wildman–Crippen LogP) is 9.50. The molecule has 1 aromatic heterocycles. The Bertz CT molecular complexity index is 1610. The molecule has 0 aliphatic heterocycles. The van der Waals surface area contributed by atoms with Crippen LogP contribution in [0.3, 0.4) is 0 Å². The number of pyridine rings is 1. The number of hydrogen-bond acceptors (Lipinski definition) is 4. The lowest BCUT2D eigenvalue weighted by Crippen LogP contribution is -2.03. The molecule has 4 nitrogen and oxygen atoms in total. The number of benzene rings is 4. The lowest BCUT2D eigenvalue weighted by Gasteiger charge is -2.15. The largest absolute Gasteiger partial charge is 0.405 e. The molecule has 0 aliphatic carbocycles. The summed E-state index contributed by atoms with van der Waals surface area (Å²) >= 11 is 0. The van der Waals surface area contributed by atoms with Gasteiger partial charge < -0.3 is 16.8 Å². The third-order valence-corrected chi connectivity index (χ3v) is 6.31. The third kappa shape index (κ3) is 8.44. The second-order valence-electron chi connectivity index (χ2n) is 9.30. The Morgan fingerprint density at radius 2 is 1.17 bits per heavy atom. The molecule has 4 heteroatoms. The average Bonchev–Trinajstić information content (AvgIpc) is 3.05. The second-order valence-corrected chi connectivity index (χ2v) is 9.30.